The molecule has 0 spiro atoms. The van der Waals surface area contributed by atoms with Crippen LogP contribution in [0.5, 0.6) is 0 Å². The maximum absolute atomic E-state index is 12.3. The number of para-hydroxylation sites is 1. The fourth-order valence-corrected chi connectivity index (χ4v) is 3.24. The molecular weight excluding hydrogens is 364 g/mol. The van der Waals surface area contributed by atoms with E-state index in [1.165, 1.54) is 18.7 Å². The number of rotatable bonds is 8. The lowest BCUT2D eigenvalue weighted by Gasteiger charge is -2.09. The summed E-state index contributed by atoms with van der Waals surface area (Å²) < 4.78 is 7.21. The number of nitrogens with one attached hydrogen (secondary N) is 1. The molecule has 0 saturated heterocycles. The van der Waals surface area contributed by atoms with Crippen LogP contribution in [0.2, 0.25) is 0 Å². The maximum Gasteiger partial charge on any atom is 0.234 e. The molecule has 0 aliphatic rings. The van der Waals surface area contributed by atoms with Crippen LogP contribution in [0.4, 0.5) is 5.69 Å². The normalized spacial score (nSPS) is 10.6. The zero-order valence-corrected chi connectivity index (χ0v) is 15.5. The summed E-state index contributed by atoms with van der Waals surface area (Å²) in [6.07, 6.45) is 3.29. The minimum absolute atomic E-state index is 0.104. The molecule has 7 nitrogen and oxygen atoms in total. The molecular formula is C19H18N4O3S. The van der Waals surface area contributed by atoms with Gasteiger partial charge in [0.25, 0.3) is 0 Å². The number of allylic oxidation sites excluding steroid dienone is 1. The average Bonchev–Trinajstić information content (AvgIpc) is 3.30. The van der Waals surface area contributed by atoms with Crippen LogP contribution in [0.25, 0.3) is 11.6 Å². The SMILES string of the molecule is C=CCn1c(SCC(=O)Nc2ccccc2C(C)=O)nnc1-c1ccco1. The highest BCUT2D eigenvalue weighted by molar-refractivity contribution is 7.99. The Kier molecular flexibility index (Phi) is 5.87. The Bertz CT molecular complexity index is 963. The lowest BCUT2D eigenvalue weighted by atomic mass is 10.1. The number of carbonyl (C=O) groups is 2. The number of benzene rings is 1. The standard InChI is InChI=1S/C19H18N4O3S/c1-3-10-23-18(16-9-6-11-26-16)21-22-19(23)27-12-17(25)20-15-8-5-4-7-14(15)13(2)24/h3-9,11H,1,10,12H2,2H3,(H,20,25). The van der Waals surface area contributed by atoms with Gasteiger partial charge >= 0.3 is 0 Å². The molecule has 2 heterocycles. The second-order valence-corrected chi connectivity index (χ2v) is 6.56. The summed E-state index contributed by atoms with van der Waals surface area (Å²) in [5.41, 5.74) is 0.977. The number of aromatic nitrogens is 3. The fraction of sp³-hybridized carbons (Fsp3) is 0.158. The minimum atomic E-state index is -0.235. The maximum atomic E-state index is 12.3. The van der Waals surface area contributed by atoms with E-state index < -0.39 is 0 Å². The number of Topliss-reactive ketones (excluding diaryl/α,β-unsaturated/α-hetero) is 1. The Balaban J connectivity index is 1.71. The van der Waals surface area contributed by atoms with Crippen molar-refractivity contribution in [1.82, 2.24) is 14.8 Å². The predicted octanol–water partition coefficient (Wildman–Crippen LogP) is 3.66. The van der Waals surface area contributed by atoms with Gasteiger partial charge in [-0.05, 0) is 31.2 Å². The summed E-state index contributed by atoms with van der Waals surface area (Å²) >= 11 is 1.25. The summed E-state index contributed by atoms with van der Waals surface area (Å²) in [6, 6.07) is 10.5. The molecule has 0 unspecified atom stereocenters. The van der Waals surface area contributed by atoms with E-state index in [1.54, 1.807) is 48.7 Å². The van der Waals surface area contributed by atoms with Gasteiger partial charge in [0.05, 0.1) is 17.7 Å². The van der Waals surface area contributed by atoms with Gasteiger partial charge in [0.2, 0.25) is 11.7 Å². The molecule has 0 aliphatic heterocycles. The van der Waals surface area contributed by atoms with Crippen LogP contribution in [0.15, 0.2) is 64.9 Å². The van der Waals surface area contributed by atoms with Gasteiger partial charge in [-0.3, -0.25) is 14.2 Å². The highest BCUT2D eigenvalue weighted by Crippen LogP contribution is 2.25. The largest absolute Gasteiger partial charge is 0.461 e. The van der Waals surface area contributed by atoms with Crippen molar-refractivity contribution >= 4 is 29.1 Å². The minimum Gasteiger partial charge on any atom is -0.461 e. The molecule has 27 heavy (non-hydrogen) atoms. The molecule has 0 atom stereocenters. The average molecular weight is 382 g/mol. The van der Waals surface area contributed by atoms with E-state index >= 15 is 0 Å². The van der Waals surface area contributed by atoms with Crippen LogP contribution in [-0.4, -0.2) is 32.2 Å². The first-order chi connectivity index (χ1) is 13.1. The van der Waals surface area contributed by atoms with Crippen LogP contribution in [0, 0.1) is 0 Å². The molecule has 0 bridgehead atoms. The van der Waals surface area contributed by atoms with Crippen molar-refractivity contribution in [3.8, 4) is 11.6 Å². The predicted molar refractivity (Wildman–Crippen MR) is 104 cm³/mol. The van der Waals surface area contributed by atoms with Crippen molar-refractivity contribution in [2.24, 2.45) is 0 Å². The highest BCUT2D eigenvalue weighted by atomic mass is 32.2. The lowest BCUT2D eigenvalue weighted by molar-refractivity contribution is -0.113. The van der Waals surface area contributed by atoms with Gasteiger partial charge in [0, 0.05) is 12.1 Å². The molecule has 0 saturated carbocycles. The molecule has 0 aliphatic carbocycles. The van der Waals surface area contributed by atoms with Crippen LogP contribution in [0.3, 0.4) is 0 Å². The molecule has 3 rings (SSSR count). The molecule has 2 aromatic heterocycles. The molecule has 138 valence electrons. The van der Waals surface area contributed by atoms with Gasteiger partial charge < -0.3 is 9.73 Å². The number of ketones is 1. The van der Waals surface area contributed by atoms with Crippen molar-refractivity contribution in [1.29, 1.82) is 0 Å². The van der Waals surface area contributed by atoms with E-state index in [4.69, 9.17) is 4.42 Å². The van der Waals surface area contributed by atoms with Gasteiger partial charge in [-0.2, -0.15) is 0 Å². The number of carbonyl (C=O) groups excluding carboxylic acids is 2. The number of nitrogens with zero attached hydrogens (tertiary/aromatic N) is 3. The van der Waals surface area contributed by atoms with Crippen molar-refractivity contribution in [2.75, 3.05) is 11.1 Å². The number of hydrogen-bond acceptors (Lipinski definition) is 6. The van der Waals surface area contributed by atoms with Crippen LogP contribution in [0.1, 0.15) is 17.3 Å². The number of thioether (sulfide) groups is 1. The summed E-state index contributed by atoms with van der Waals surface area (Å²) in [5, 5.41) is 11.7. The summed E-state index contributed by atoms with van der Waals surface area (Å²) in [5.74, 6) is 0.953. The van der Waals surface area contributed by atoms with Crippen LogP contribution < -0.4 is 5.32 Å². The molecule has 0 radical (unpaired) electrons. The van der Waals surface area contributed by atoms with Gasteiger partial charge in [0.15, 0.2) is 16.7 Å². The third kappa shape index (κ3) is 4.35. The Hall–Kier alpha value is -3.13. The molecule has 3 aromatic rings. The van der Waals surface area contributed by atoms with Crippen molar-refractivity contribution in [2.45, 2.75) is 18.6 Å². The quantitative estimate of drug-likeness (QED) is 0.363. The summed E-state index contributed by atoms with van der Waals surface area (Å²) in [6.45, 7) is 5.70. The third-order valence-electron chi connectivity index (χ3n) is 3.68. The Morgan fingerprint density at radius 1 is 1.26 bits per heavy atom. The number of amides is 1. The van der Waals surface area contributed by atoms with Gasteiger partial charge in [0.1, 0.15) is 0 Å². The molecule has 8 heteroatoms. The van der Waals surface area contributed by atoms with Gasteiger partial charge in [-0.25, -0.2) is 0 Å². The number of hydrogen-bond donors (Lipinski definition) is 1. The van der Waals surface area contributed by atoms with E-state index in [0.717, 1.165) is 0 Å². The van der Waals surface area contributed by atoms with Crippen LogP contribution in [-0.2, 0) is 11.3 Å². The first-order valence-electron chi connectivity index (χ1n) is 8.20. The lowest BCUT2D eigenvalue weighted by Crippen LogP contribution is -2.16. The number of furan rings is 1. The first kappa shape index (κ1) is 18.7. The van der Waals surface area contributed by atoms with Crippen LogP contribution >= 0.6 is 11.8 Å². The second kappa shape index (κ2) is 8.50. The highest BCUT2D eigenvalue weighted by Gasteiger charge is 2.17. The molecule has 1 amide bonds. The Morgan fingerprint density at radius 3 is 2.78 bits per heavy atom. The summed E-state index contributed by atoms with van der Waals surface area (Å²) in [7, 11) is 0. The third-order valence-corrected chi connectivity index (χ3v) is 4.65. The van der Waals surface area contributed by atoms with E-state index in [1.807, 2.05) is 4.57 Å². The molecule has 1 aromatic carbocycles. The second-order valence-electron chi connectivity index (χ2n) is 5.62. The fourth-order valence-electron chi connectivity index (χ4n) is 2.49. The zero-order valence-electron chi connectivity index (χ0n) is 14.7. The van der Waals surface area contributed by atoms with Crippen molar-refractivity contribution in [3.05, 3.63) is 60.9 Å². The monoisotopic (exact) mass is 382 g/mol. The van der Waals surface area contributed by atoms with Gasteiger partial charge in [-0.1, -0.05) is 30.0 Å². The zero-order chi connectivity index (χ0) is 19.2. The Labute approximate surface area is 160 Å². The van der Waals surface area contributed by atoms with Crippen molar-refractivity contribution in [3.63, 3.8) is 0 Å². The topological polar surface area (TPSA) is 90.0 Å². The van der Waals surface area contributed by atoms with Gasteiger partial charge in [-0.15, -0.1) is 16.8 Å². The molecule has 1 N–H and O–H groups in total. The van der Waals surface area contributed by atoms with E-state index in [-0.39, 0.29) is 17.4 Å². The molecule has 0 fully saturated rings. The first-order valence-corrected chi connectivity index (χ1v) is 9.19. The Morgan fingerprint density at radius 2 is 2.07 bits per heavy atom. The van der Waals surface area contributed by atoms with E-state index in [9.17, 15) is 9.59 Å². The van der Waals surface area contributed by atoms with E-state index in [0.29, 0.717) is 34.5 Å². The summed E-state index contributed by atoms with van der Waals surface area (Å²) in [4.78, 5) is 24.0. The number of anilines is 1. The van der Waals surface area contributed by atoms with Crippen molar-refractivity contribution < 1.29 is 14.0 Å². The smallest absolute Gasteiger partial charge is 0.234 e. The van der Waals surface area contributed by atoms with E-state index in [2.05, 4.69) is 22.1 Å².